The average molecular weight is 409 g/mol. The van der Waals surface area contributed by atoms with E-state index in [-0.39, 0.29) is 16.3 Å². The Morgan fingerprint density at radius 2 is 1.85 bits per heavy atom. The summed E-state index contributed by atoms with van der Waals surface area (Å²) in [6.45, 7) is 0. The molecule has 3 aromatic rings. The summed E-state index contributed by atoms with van der Waals surface area (Å²) in [5.74, 6) is -0.461. The van der Waals surface area contributed by atoms with Crippen LogP contribution in [0, 0.1) is 0 Å². The number of anilines is 2. The van der Waals surface area contributed by atoms with Gasteiger partial charge in [-0.2, -0.15) is 0 Å². The number of rotatable bonds is 5. The third-order valence-corrected chi connectivity index (χ3v) is 4.99. The fourth-order valence-corrected chi connectivity index (χ4v) is 3.68. The molecule has 0 aliphatic carbocycles. The van der Waals surface area contributed by atoms with Gasteiger partial charge in [-0.25, -0.2) is 8.42 Å². The number of halogens is 1. The number of amides is 1. The maximum Gasteiger partial charge on any atom is 0.259 e. The van der Waals surface area contributed by atoms with Crippen molar-refractivity contribution in [2.24, 2.45) is 0 Å². The van der Waals surface area contributed by atoms with Gasteiger partial charge in [0.2, 0.25) is 15.2 Å². The molecular formula is C16H13ClN4O3S2. The van der Waals surface area contributed by atoms with Crippen LogP contribution >= 0.6 is 22.9 Å². The van der Waals surface area contributed by atoms with Crippen LogP contribution in [0.15, 0.2) is 48.5 Å². The number of hydrogen-bond acceptors (Lipinski definition) is 6. The van der Waals surface area contributed by atoms with Gasteiger partial charge in [-0.1, -0.05) is 53.3 Å². The van der Waals surface area contributed by atoms with Crippen LogP contribution in [0.4, 0.5) is 10.8 Å². The summed E-state index contributed by atoms with van der Waals surface area (Å²) in [6, 6.07) is 13.7. The molecule has 0 bridgehead atoms. The standard InChI is InChI=1S/C16H13ClN4O3S2/c1-26(23,24)21-11-7-8-12(13(17)9-11)14(22)18-16-20-19-15(25-16)10-5-3-2-4-6-10/h2-9,21H,1H3,(H,18,20,22). The zero-order valence-corrected chi connectivity index (χ0v) is 15.8. The van der Waals surface area contributed by atoms with E-state index in [4.69, 9.17) is 11.6 Å². The molecule has 1 heterocycles. The highest BCUT2D eigenvalue weighted by Crippen LogP contribution is 2.27. The summed E-state index contributed by atoms with van der Waals surface area (Å²) in [5, 5.41) is 11.8. The maximum atomic E-state index is 12.4. The lowest BCUT2D eigenvalue weighted by Crippen LogP contribution is -2.13. The summed E-state index contributed by atoms with van der Waals surface area (Å²) in [7, 11) is -3.42. The minimum absolute atomic E-state index is 0.115. The van der Waals surface area contributed by atoms with Crippen molar-refractivity contribution in [1.29, 1.82) is 0 Å². The van der Waals surface area contributed by atoms with Gasteiger partial charge in [-0.05, 0) is 18.2 Å². The Kier molecular flexibility index (Phi) is 5.21. The molecule has 1 amide bonds. The summed E-state index contributed by atoms with van der Waals surface area (Å²) < 4.78 is 24.8. The first-order chi connectivity index (χ1) is 12.3. The summed E-state index contributed by atoms with van der Waals surface area (Å²) in [6.07, 6.45) is 1.03. The first kappa shape index (κ1) is 18.3. The highest BCUT2D eigenvalue weighted by atomic mass is 35.5. The molecule has 0 saturated carbocycles. The van der Waals surface area contributed by atoms with Gasteiger partial charge in [0.15, 0.2) is 0 Å². The fourth-order valence-electron chi connectivity index (χ4n) is 2.11. The van der Waals surface area contributed by atoms with E-state index < -0.39 is 15.9 Å². The van der Waals surface area contributed by atoms with Crippen molar-refractivity contribution in [3.8, 4) is 10.6 Å². The molecule has 2 N–H and O–H groups in total. The molecule has 0 saturated heterocycles. The van der Waals surface area contributed by atoms with Gasteiger partial charge in [-0.15, -0.1) is 10.2 Å². The summed E-state index contributed by atoms with van der Waals surface area (Å²) in [4.78, 5) is 12.4. The van der Waals surface area contributed by atoms with Crippen molar-refractivity contribution in [2.75, 3.05) is 16.3 Å². The van der Waals surface area contributed by atoms with Crippen LogP contribution in [0.2, 0.25) is 5.02 Å². The molecule has 3 rings (SSSR count). The number of nitrogens with one attached hydrogen (secondary N) is 2. The number of carbonyl (C=O) groups excluding carboxylic acids is 1. The molecule has 0 spiro atoms. The second-order valence-corrected chi connectivity index (χ2v) is 8.43. The van der Waals surface area contributed by atoms with Crippen LogP contribution in [0.3, 0.4) is 0 Å². The molecule has 10 heteroatoms. The number of carbonyl (C=O) groups is 1. The van der Waals surface area contributed by atoms with Crippen molar-refractivity contribution >= 4 is 49.7 Å². The summed E-state index contributed by atoms with van der Waals surface area (Å²) in [5.41, 5.74) is 1.37. The highest BCUT2D eigenvalue weighted by Gasteiger charge is 2.15. The van der Waals surface area contributed by atoms with Gasteiger partial charge in [0.05, 0.1) is 16.8 Å². The van der Waals surface area contributed by atoms with E-state index in [2.05, 4.69) is 20.2 Å². The monoisotopic (exact) mass is 408 g/mol. The third kappa shape index (κ3) is 4.57. The lowest BCUT2D eigenvalue weighted by Gasteiger charge is -2.07. The SMILES string of the molecule is CS(=O)(=O)Nc1ccc(C(=O)Nc2nnc(-c3ccccc3)s2)c(Cl)c1. The van der Waals surface area contributed by atoms with Crippen LogP contribution < -0.4 is 10.0 Å². The minimum atomic E-state index is -3.42. The van der Waals surface area contributed by atoms with E-state index >= 15 is 0 Å². The Morgan fingerprint density at radius 3 is 2.50 bits per heavy atom. The molecule has 0 radical (unpaired) electrons. The molecule has 1 aromatic heterocycles. The van der Waals surface area contributed by atoms with Gasteiger partial charge in [0.1, 0.15) is 5.01 Å². The third-order valence-electron chi connectivity index (χ3n) is 3.18. The number of nitrogens with zero attached hydrogens (tertiary/aromatic N) is 2. The Morgan fingerprint density at radius 1 is 1.12 bits per heavy atom. The molecule has 0 fully saturated rings. The first-order valence-electron chi connectivity index (χ1n) is 7.29. The molecule has 26 heavy (non-hydrogen) atoms. The first-order valence-corrected chi connectivity index (χ1v) is 10.4. The van der Waals surface area contributed by atoms with Crippen molar-refractivity contribution in [3.05, 3.63) is 59.1 Å². The largest absolute Gasteiger partial charge is 0.296 e. The quantitative estimate of drug-likeness (QED) is 0.673. The van der Waals surface area contributed by atoms with E-state index in [0.717, 1.165) is 11.8 Å². The van der Waals surface area contributed by atoms with Gasteiger partial charge in [0.25, 0.3) is 5.91 Å². The molecule has 0 atom stereocenters. The zero-order chi connectivity index (χ0) is 18.7. The maximum absolute atomic E-state index is 12.4. The number of benzene rings is 2. The van der Waals surface area contributed by atoms with Crippen LogP contribution in [0.5, 0.6) is 0 Å². The van der Waals surface area contributed by atoms with Gasteiger partial charge in [0, 0.05) is 11.3 Å². The van der Waals surface area contributed by atoms with E-state index in [1.54, 1.807) is 0 Å². The van der Waals surface area contributed by atoms with E-state index in [0.29, 0.717) is 10.1 Å². The fraction of sp³-hybridized carbons (Fsp3) is 0.0625. The van der Waals surface area contributed by atoms with E-state index in [1.807, 2.05) is 30.3 Å². The Labute approximate surface area is 159 Å². The van der Waals surface area contributed by atoms with E-state index in [9.17, 15) is 13.2 Å². The minimum Gasteiger partial charge on any atom is -0.296 e. The van der Waals surface area contributed by atoms with Gasteiger partial charge < -0.3 is 0 Å². The van der Waals surface area contributed by atoms with Crippen molar-refractivity contribution < 1.29 is 13.2 Å². The van der Waals surface area contributed by atoms with Crippen molar-refractivity contribution in [2.45, 2.75) is 0 Å². The molecule has 7 nitrogen and oxygen atoms in total. The molecule has 134 valence electrons. The smallest absolute Gasteiger partial charge is 0.259 e. The Hall–Kier alpha value is -2.49. The Balaban J connectivity index is 1.75. The number of hydrogen-bond donors (Lipinski definition) is 2. The van der Waals surface area contributed by atoms with Crippen LogP contribution in [-0.4, -0.2) is 30.8 Å². The number of aromatic nitrogens is 2. The average Bonchev–Trinajstić information content (AvgIpc) is 3.02. The summed E-state index contributed by atoms with van der Waals surface area (Å²) >= 11 is 7.33. The van der Waals surface area contributed by atoms with Gasteiger partial charge in [-0.3, -0.25) is 14.8 Å². The lowest BCUT2D eigenvalue weighted by atomic mass is 10.2. The van der Waals surface area contributed by atoms with Gasteiger partial charge >= 0.3 is 0 Å². The normalized spacial score (nSPS) is 11.2. The molecular weight excluding hydrogens is 396 g/mol. The lowest BCUT2D eigenvalue weighted by molar-refractivity contribution is 0.102. The molecule has 2 aromatic carbocycles. The zero-order valence-electron chi connectivity index (χ0n) is 13.4. The molecule has 0 aliphatic heterocycles. The number of sulfonamides is 1. The molecule has 0 unspecified atom stereocenters. The molecule has 0 aliphatic rings. The predicted octanol–water partition coefficient (Wildman–Crippen LogP) is 3.48. The second kappa shape index (κ2) is 7.40. The second-order valence-electron chi connectivity index (χ2n) is 5.30. The van der Waals surface area contributed by atoms with Crippen LogP contribution in [-0.2, 0) is 10.0 Å². The van der Waals surface area contributed by atoms with Crippen LogP contribution in [0.25, 0.3) is 10.6 Å². The van der Waals surface area contributed by atoms with Crippen molar-refractivity contribution in [1.82, 2.24) is 10.2 Å². The Bertz CT molecular complexity index is 1050. The highest BCUT2D eigenvalue weighted by molar-refractivity contribution is 7.92. The van der Waals surface area contributed by atoms with Crippen molar-refractivity contribution in [3.63, 3.8) is 0 Å². The van der Waals surface area contributed by atoms with Crippen LogP contribution in [0.1, 0.15) is 10.4 Å². The predicted molar refractivity (Wildman–Crippen MR) is 103 cm³/mol. The topological polar surface area (TPSA) is 101 Å². The van der Waals surface area contributed by atoms with E-state index in [1.165, 1.54) is 29.5 Å².